The highest BCUT2D eigenvalue weighted by atomic mass is 19.1. The zero-order chi connectivity index (χ0) is 12.1. The van der Waals surface area contributed by atoms with Gasteiger partial charge in [0.25, 0.3) is 0 Å². The van der Waals surface area contributed by atoms with Crippen molar-refractivity contribution in [2.24, 2.45) is 0 Å². The predicted molar refractivity (Wildman–Crippen MR) is 51.9 cm³/mol. The first-order valence-electron chi connectivity index (χ1n) is 4.71. The van der Waals surface area contributed by atoms with Crippen molar-refractivity contribution in [1.29, 1.82) is 0 Å². The first-order chi connectivity index (χ1) is 7.54. The average Bonchev–Trinajstić information content (AvgIpc) is 2.23. The van der Waals surface area contributed by atoms with Crippen LogP contribution in [0.1, 0.15) is 19.8 Å². The maximum Gasteiger partial charge on any atom is 0.318 e. The van der Waals surface area contributed by atoms with E-state index in [1.807, 2.05) is 0 Å². The monoisotopic (exact) mass is 228 g/mol. The van der Waals surface area contributed by atoms with Gasteiger partial charge in [-0.2, -0.15) is 0 Å². The van der Waals surface area contributed by atoms with Crippen molar-refractivity contribution in [2.45, 2.75) is 19.8 Å². The molecule has 0 saturated carbocycles. The molecule has 0 radical (unpaired) electrons. The lowest BCUT2D eigenvalue weighted by molar-refractivity contribution is -0.138. The third-order valence-corrected chi connectivity index (χ3v) is 1.87. The van der Waals surface area contributed by atoms with E-state index in [9.17, 15) is 18.4 Å². The molecule has 0 spiro atoms. The standard InChI is InChI=1S/C11H10F2O3/c1-2-7(14)6-10(15)16-11-8(12)4-3-5-9(11)13/h3-5H,2,6H2,1H3. The molecule has 0 atom stereocenters. The van der Waals surface area contributed by atoms with E-state index in [2.05, 4.69) is 4.74 Å². The van der Waals surface area contributed by atoms with Gasteiger partial charge in [0.2, 0.25) is 5.75 Å². The van der Waals surface area contributed by atoms with Crippen LogP contribution in [-0.4, -0.2) is 11.8 Å². The number of ether oxygens (including phenoxy) is 1. The van der Waals surface area contributed by atoms with Crippen LogP contribution in [0, 0.1) is 11.6 Å². The molecule has 0 aromatic heterocycles. The maximum absolute atomic E-state index is 13.0. The fourth-order valence-electron chi connectivity index (χ4n) is 1.02. The molecule has 16 heavy (non-hydrogen) atoms. The molecule has 1 aromatic carbocycles. The van der Waals surface area contributed by atoms with Crippen LogP contribution in [0.5, 0.6) is 5.75 Å². The first-order valence-corrected chi connectivity index (χ1v) is 4.71. The van der Waals surface area contributed by atoms with E-state index in [1.165, 1.54) is 0 Å². The molecule has 0 fully saturated rings. The molecular weight excluding hydrogens is 218 g/mol. The molecule has 0 aliphatic heterocycles. The Balaban J connectivity index is 2.73. The Labute approximate surface area is 91.0 Å². The molecule has 5 heteroatoms. The summed E-state index contributed by atoms with van der Waals surface area (Å²) in [4.78, 5) is 22.0. The molecule has 0 amide bonds. The van der Waals surface area contributed by atoms with Crippen LogP contribution in [0.2, 0.25) is 0 Å². The van der Waals surface area contributed by atoms with Crippen LogP contribution in [0.15, 0.2) is 18.2 Å². The fraction of sp³-hybridized carbons (Fsp3) is 0.273. The van der Waals surface area contributed by atoms with Crippen molar-refractivity contribution in [1.82, 2.24) is 0 Å². The lowest BCUT2D eigenvalue weighted by atomic mass is 10.2. The summed E-state index contributed by atoms with van der Waals surface area (Å²) in [6.07, 6.45) is -0.306. The van der Waals surface area contributed by atoms with Crippen LogP contribution in [0.4, 0.5) is 8.78 Å². The van der Waals surface area contributed by atoms with Gasteiger partial charge in [-0.15, -0.1) is 0 Å². The molecule has 3 nitrogen and oxygen atoms in total. The number of rotatable bonds is 4. The molecule has 0 aliphatic rings. The average molecular weight is 228 g/mol. The molecular formula is C11H10F2O3. The zero-order valence-electron chi connectivity index (χ0n) is 8.63. The number of halogens is 2. The minimum atomic E-state index is -0.975. The first kappa shape index (κ1) is 12.3. The van der Waals surface area contributed by atoms with Crippen molar-refractivity contribution >= 4 is 11.8 Å². The van der Waals surface area contributed by atoms with Crippen LogP contribution in [0.25, 0.3) is 0 Å². The topological polar surface area (TPSA) is 43.4 Å². The van der Waals surface area contributed by atoms with Gasteiger partial charge in [0.1, 0.15) is 12.2 Å². The summed E-state index contributed by atoms with van der Waals surface area (Å²) in [5.74, 6) is -4.02. The zero-order valence-corrected chi connectivity index (χ0v) is 8.63. The van der Waals surface area contributed by atoms with E-state index < -0.39 is 29.8 Å². The van der Waals surface area contributed by atoms with Crippen molar-refractivity contribution in [3.8, 4) is 5.75 Å². The van der Waals surface area contributed by atoms with Gasteiger partial charge in [0, 0.05) is 6.42 Å². The van der Waals surface area contributed by atoms with E-state index >= 15 is 0 Å². The van der Waals surface area contributed by atoms with Crippen LogP contribution in [0.3, 0.4) is 0 Å². The third-order valence-electron chi connectivity index (χ3n) is 1.87. The van der Waals surface area contributed by atoms with Crippen molar-refractivity contribution in [3.63, 3.8) is 0 Å². The SMILES string of the molecule is CCC(=O)CC(=O)Oc1c(F)cccc1F. The molecule has 0 saturated heterocycles. The minimum Gasteiger partial charge on any atom is -0.420 e. The Morgan fingerprint density at radius 2 is 1.81 bits per heavy atom. The second-order valence-electron chi connectivity index (χ2n) is 3.09. The maximum atomic E-state index is 13.0. The molecule has 1 rings (SSSR count). The smallest absolute Gasteiger partial charge is 0.318 e. The highest BCUT2D eigenvalue weighted by molar-refractivity contribution is 5.96. The van der Waals surface area contributed by atoms with E-state index in [0.717, 1.165) is 18.2 Å². The number of Topliss-reactive ketones (excluding diaryl/α,β-unsaturated/α-hetero) is 1. The number of benzene rings is 1. The highest BCUT2D eigenvalue weighted by Crippen LogP contribution is 2.21. The van der Waals surface area contributed by atoms with Gasteiger partial charge < -0.3 is 4.74 Å². The largest absolute Gasteiger partial charge is 0.420 e. The Morgan fingerprint density at radius 3 is 2.31 bits per heavy atom. The molecule has 0 N–H and O–H groups in total. The van der Waals surface area contributed by atoms with E-state index in [-0.39, 0.29) is 12.2 Å². The highest BCUT2D eigenvalue weighted by Gasteiger charge is 2.16. The summed E-state index contributed by atoms with van der Waals surface area (Å²) >= 11 is 0. The molecule has 0 heterocycles. The normalized spacial score (nSPS) is 9.94. The summed E-state index contributed by atoms with van der Waals surface area (Å²) < 4.78 is 30.5. The molecule has 0 bridgehead atoms. The van der Waals surface area contributed by atoms with Crippen LogP contribution < -0.4 is 4.74 Å². The van der Waals surface area contributed by atoms with Gasteiger partial charge in [-0.05, 0) is 12.1 Å². The minimum absolute atomic E-state index is 0.175. The Morgan fingerprint density at radius 1 is 1.25 bits per heavy atom. The van der Waals surface area contributed by atoms with E-state index in [4.69, 9.17) is 0 Å². The molecule has 0 aliphatic carbocycles. The lowest BCUT2D eigenvalue weighted by Gasteiger charge is -2.05. The Bertz CT molecular complexity index is 395. The predicted octanol–water partition coefficient (Wildman–Crippen LogP) is 2.24. The van der Waals surface area contributed by atoms with E-state index in [0.29, 0.717) is 0 Å². The van der Waals surface area contributed by atoms with Gasteiger partial charge >= 0.3 is 5.97 Å². The number of carbonyl (C=O) groups is 2. The number of carbonyl (C=O) groups excluding carboxylic acids is 2. The van der Waals surface area contributed by atoms with Gasteiger partial charge in [0.15, 0.2) is 11.6 Å². The lowest BCUT2D eigenvalue weighted by Crippen LogP contribution is -2.14. The summed E-state index contributed by atoms with van der Waals surface area (Å²) in [5.41, 5.74) is 0. The molecule has 1 aromatic rings. The van der Waals surface area contributed by atoms with E-state index in [1.54, 1.807) is 6.92 Å². The summed E-state index contributed by atoms with van der Waals surface area (Å²) in [6.45, 7) is 1.58. The Hall–Kier alpha value is -1.78. The van der Waals surface area contributed by atoms with Gasteiger partial charge in [-0.25, -0.2) is 8.78 Å². The summed E-state index contributed by atoms with van der Waals surface area (Å²) in [6, 6.07) is 3.08. The summed E-state index contributed by atoms with van der Waals surface area (Å²) in [7, 11) is 0. The van der Waals surface area contributed by atoms with Crippen LogP contribution >= 0.6 is 0 Å². The van der Waals surface area contributed by atoms with Gasteiger partial charge in [-0.1, -0.05) is 13.0 Å². The Kier molecular flexibility index (Phi) is 4.10. The number of hydrogen-bond acceptors (Lipinski definition) is 3. The number of hydrogen-bond donors (Lipinski definition) is 0. The van der Waals surface area contributed by atoms with Crippen molar-refractivity contribution in [3.05, 3.63) is 29.8 Å². The number of para-hydroxylation sites is 1. The fourth-order valence-corrected chi connectivity index (χ4v) is 1.02. The summed E-state index contributed by atoms with van der Waals surface area (Å²) in [5, 5.41) is 0. The second-order valence-corrected chi connectivity index (χ2v) is 3.09. The van der Waals surface area contributed by atoms with Crippen molar-refractivity contribution < 1.29 is 23.1 Å². The third kappa shape index (κ3) is 3.12. The quantitative estimate of drug-likeness (QED) is 0.451. The van der Waals surface area contributed by atoms with Gasteiger partial charge in [-0.3, -0.25) is 9.59 Å². The molecule has 0 unspecified atom stereocenters. The van der Waals surface area contributed by atoms with Gasteiger partial charge in [0.05, 0.1) is 0 Å². The second kappa shape index (κ2) is 5.34. The number of ketones is 1. The number of esters is 1. The van der Waals surface area contributed by atoms with Crippen molar-refractivity contribution in [2.75, 3.05) is 0 Å². The molecule has 86 valence electrons. The van der Waals surface area contributed by atoms with Crippen LogP contribution in [-0.2, 0) is 9.59 Å².